The molecule has 2 aromatic carbocycles. The van der Waals surface area contributed by atoms with E-state index in [1.165, 1.54) is 0 Å². The number of ether oxygens (including phenoxy) is 1. The van der Waals surface area contributed by atoms with Gasteiger partial charge in [-0.25, -0.2) is 4.79 Å². The van der Waals surface area contributed by atoms with Crippen molar-refractivity contribution in [3.63, 3.8) is 0 Å². The van der Waals surface area contributed by atoms with E-state index in [0.717, 1.165) is 33.5 Å². The van der Waals surface area contributed by atoms with Crippen molar-refractivity contribution in [1.29, 1.82) is 0 Å². The molecule has 1 aromatic heterocycles. The number of fused-ring (bicyclic) bond motifs is 5. The van der Waals surface area contributed by atoms with Crippen molar-refractivity contribution in [3.05, 3.63) is 53.6 Å². The van der Waals surface area contributed by atoms with Gasteiger partial charge in [0.25, 0.3) is 0 Å². The van der Waals surface area contributed by atoms with Gasteiger partial charge in [-0.1, -0.05) is 12.1 Å². The second-order valence-corrected chi connectivity index (χ2v) is 5.21. The fraction of sp³-hybridized carbons (Fsp3) is 0.118. The molecule has 0 radical (unpaired) electrons. The summed E-state index contributed by atoms with van der Waals surface area (Å²) in [5, 5.41) is 10.1. The van der Waals surface area contributed by atoms with Crippen LogP contribution in [0.1, 0.15) is 15.9 Å². The maximum absolute atomic E-state index is 11.2. The molecule has 0 aliphatic carbocycles. The SMILES string of the molecule is Cn1c2c(c3cc(C(=O)O)ccc31)COc1ccccc1-2. The molecule has 4 nitrogen and oxygen atoms in total. The first kappa shape index (κ1) is 12.0. The van der Waals surface area contributed by atoms with Crippen molar-refractivity contribution in [2.45, 2.75) is 6.61 Å². The fourth-order valence-electron chi connectivity index (χ4n) is 3.08. The van der Waals surface area contributed by atoms with Crippen LogP contribution in [0.5, 0.6) is 5.75 Å². The van der Waals surface area contributed by atoms with Crippen molar-refractivity contribution in [3.8, 4) is 17.0 Å². The molecule has 1 N–H and O–H groups in total. The number of rotatable bonds is 1. The molecule has 4 heteroatoms. The number of carboxylic acids is 1. The summed E-state index contributed by atoms with van der Waals surface area (Å²) >= 11 is 0. The summed E-state index contributed by atoms with van der Waals surface area (Å²) in [5.41, 5.74) is 4.53. The standard InChI is InChI=1S/C17H13NO3/c1-18-14-7-6-10(17(19)20)8-12(14)13-9-21-15-5-3-2-4-11(15)16(13)18/h2-8H,9H2,1H3,(H,19,20). The van der Waals surface area contributed by atoms with E-state index in [1.807, 2.05) is 37.4 Å². The molecule has 0 fully saturated rings. The largest absolute Gasteiger partial charge is 0.488 e. The summed E-state index contributed by atoms with van der Waals surface area (Å²) < 4.78 is 7.92. The van der Waals surface area contributed by atoms with Crippen molar-refractivity contribution in [2.75, 3.05) is 0 Å². The second-order valence-electron chi connectivity index (χ2n) is 5.21. The first-order valence-corrected chi connectivity index (χ1v) is 6.73. The number of carbonyl (C=O) groups is 1. The van der Waals surface area contributed by atoms with Crippen molar-refractivity contribution < 1.29 is 14.6 Å². The Balaban J connectivity index is 2.08. The van der Waals surface area contributed by atoms with Gasteiger partial charge in [-0.3, -0.25) is 0 Å². The van der Waals surface area contributed by atoms with E-state index in [-0.39, 0.29) is 0 Å². The first-order valence-electron chi connectivity index (χ1n) is 6.73. The van der Waals surface area contributed by atoms with E-state index in [0.29, 0.717) is 12.2 Å². The van der Waals surface area contributed by atoms with Gasteiger partial charge in [-0.05, 0) is 30.3 Å². The summed E-state index contributed by atoms with van der Waals surface area (Å²) in [6.07, 6.45) is 0. The summed E-state index contributed by atoms with van der Waals surface area (Å²) in [6, 6.07) is 13.2. The average Bonchev–Trinajstić information content (AvgIpc) is 2.80. The Kier molecular flexibility index (Phi) is 2.36. The number of carboxylic acid groups (broad SMARTS) is 1. The minimum atomic E-state index is -0.911. The molecule has 0 bridgehead atoms. The van der Waals surface area contributed by atoms with Gasteiger partial charge in [0, 0.05) is 29.1 Å². The van der Waals surface area contributed by atoms with Crippen LogP contribution in [0.15, 0.2) is 42.5 Å². The van der Waals surface area contributed by atoms with E-state index < -0.39 is 5.97 Å². The molecule has 0 spiro atoms. The Labute approximate surface area is 121 Å². The number of aromatic nitrogens is 1. The van der Waals surface area contributed by atoms with Gasteiger partial charge in [0.15, 0.2) is 0 Å². The summed E-state index contributed by atoms with van der Waals surface area (Å²) in [4.78, 5) is 11.2. The van der Waals surface area contributed by atoms with Crippen molar-refractivity contribution >= 4 is 16.9 Å². The van der Waals surface area contributed by atoms with E-state index in [9.17, 15) is 9.90 Å². The van der Waals surface area contributed by atoms with Crippen LogP contribution in [0, 0.1) is 0 Å². The predicted octanol–water partition coefficient (Wildman–Crippen LogP) is 3.44. The molecular formula is C17H13NO3. The Bertz CT molecular complexity index is 892. The maximum Gasteiger partial charge on any atom is 0.335 e. The Morgan fingerprint density at radius 3 is 2.86 bits per heavy atom. The van der Waals surface area contributed by atoms with Gasteiger partial charge in [-0.2, -0.15) is 0 Å². The Morgan fingerprint density at radius 1 is 1.24 bits per heavy atom. The zero-order chi connectivity index (χ0) is 14.6. The lowest BCUT2D eigenvalue weighted by atomic mass is 10.0. The van der Waals surface area contributed by atoms with Crippen LogP contribution >= 0.6 is 0 Å². The van der Waals surface area contributed by atoms with Gasteiger partial charge >= 0.3 is 5.97 Å². The Morgan fingerprint density at radius 2 is 2.05 bits per heavy atom. The quantitative estimate of drug-likeness (QED) is 0.742. The van der Waals surface area contributed by atoms with Crippen LogP contribution in [0.25, 0.3) is 22.2 Å². The lowest BCUT2D eigenvalue weighted by Crippen LogP contribution is -2.06. The summed E-state index contributed by atoms with van der Waals surface area (Å²) in [7, 11) is 2.00. The van der Waals surface area contributed by atoms with Gasteiger partial charge in [0.1, 0.15) is 12.4 Å². The molecular weight excluding hydrogens is 266 g/mol. The molecule has 2 heterocycles. The molecule has 0 amide bonds. The minimum Gasteiger partial charge on any atom is -0.488 e. The van der Waals surface area contributed by atoms with Crippen LogP contribution in [-0.4, -0.2) is 15.6 Å². The highest BCUT2D eigenvalue weighted by atomic mass is 16.5. The third-order valence-electron chi connectivity index (χ3n) is 4.07. The van der Waals surface area contributed by atoms with E-state index in [1.54, 1.807) is 12.1 Å². The number of aromatic carboxylic acids is 1. The maximum atomic E-state index is 11.2. The van der Waals surface area contributed by atoms with Crippen LogP contribution in [0.4, 0.5) is 0 Å². The lowest BCUT2D eigenvalue weighted by molar-refractivity contribution is 0.0697. The van der Waals surface area contributed by atoms with Crippen LogP contribution in [0.2, 0.25) is 0 Å². The highest BCUT2D eigenvalue weighted by molar-refractivity contribution is 5.98. The molecule has 1 aliphatic heterocycles. The van der Waals surface area contributed by atoms with E-state index in [2.05, 4.69) is 4.57 Å². The molecule has 0 atom stereocenters. The third kappa shape index (κ3) is 1.59. The molecule has 21 heavy (non-hydrogen) atoms. The molecule has 104 valence electrons. The van der Waals surface area contributed by atoms with Gasteiger partial charge in [-0.15, -0.1) is 0 Å². The number of aryl methyl sites for hydroxylation is 1. The fourth-order valence-corrected chi connectivity index (χ4v) is 3.08. The minimum absolute atomic E-state index is 0.301. The van der Waals surface area contributed by atoms with Gasteiger partial charge in [0.2, 0.25) is 0 Å². The highest BCUT2D eigenvalue weighted by Gasteiger charge is 2.24. The molecule has 0 saturated heterocycles. The van der Waals surface area contributed by atoms with Gasteiger partial charge in [0.05, 0.1) is 11.3 Å². The second kappa shape index (κ2) is 4.12. The van der Waals surface area contributed by atoms with Crippen molar-refractivity contribution in [2.24, 2.45) is 7.05 Å². The van der Waals surface area contributed by atoms with Gasteiger partial charge < -0.3 is 14.4 Å². The number of nitrogens with zero attached hydrogens (tertiary/aromatic N) is 1. The predicted molar refractivity (Wildman–Crippen MR) is 79.6 cm³/mol. The molecule has 4 rings (SSSR count). The normalized spacial score (nSPS) is 12.6. The zero-order valence-corrected chi connectivity index (χ0v) is 11.5. The van der Waals surface area contributed by atoms with E-state index >= 15 is 0 Å². The molecule has 0 unspecified atom stereocenters. The Hall–Kier alpha value is -2.75. The number of benzene rings is 2. The van der Waals surface area contributed by atoms with Crippen LogP contribution < -0.4 is 4.74 Å². The number of hydrogen-bond donors (Lipinski definition) is 1. The smallest absolute Gasteiger partial charge is 0.335 e. The zero-order valence-electron chi connectivity index (χ0n) is 11.5. The number of para-hydroxylation sites is 1. The monoisotopic (exact) mass is 279 g/mol. The topological polar surface area (TPSA) is 51.5 Å². The first-order chi connectivity index (χ1) is 10.2. The van der Waals surface area contributed by atoms with Crippen LogP contribution in [0.3, 0.4) is 0 Å². The van der Waals surface area contributed by atoms with Crippen molar-refractivity contribution in [1.82, 2.24) is 4.57 Å². The third-order valence-corrected chi connectivity index (χ3v) is 4.07. The molecule has 0 saturated carbocycles. The van der Waals surface area contributed by atoms with E-state index in [4.69, 9.17) is 4.74 Å². The lowest BCUT2D eigenvalue weighted by Gasteiger charge is -2.19. The molecule has 1 aliphatic rings. The molecule has 3 aromatic rings. The summed E-state index contributed by atoms with van der Waals surface area (Å²) in [5.74, 6) is -0.0407. The van der Waals surface area contributed by atoms with Crippen LogP contribution in [-0.2, 0) is 13.7 Å². The number of hydrogen-bond acceptors (Lipinski definition) is 2. The summed E-state index contributed by atoms with van der Waals surface area (Å²) in [6.45, 7) is 0.465. The highest BCUT2D eigenvalue weighted by Crippen LogP contribution is 2.41. The average molecular weight is 279 g/mol.